The molecule has 0 radical (unpaired) electrons. The van der Waals surface area contributed by atoms with Gasteiger partial charge in [0.15, 0.2) is 0 Å². The molecule has 0 saturated carbocycles. The Morgan fingerprint density at radius 2 is 1.75 bits per heavy atom. The highest BCUT2D eigenvalue weighted by Crippen LogP contribution is 2.19. The van der Waals surface area contributed by atoms with Crippen molar-refractivity contribution in [3.8, 4) is 0 Å². The lowest BCUT2D eigenvalue weighted by atomic mass is 9.98. The first-order chi connectivity index (χ1) is 11.1. The first-order valence-corrected chi connectivity index (χ1v) is 6.88. The molecule has 1 atom stereocenters. The van der Waals surface area contributed by atoms with Crippen molar-refractivity contribution in [3.05, 3.63) is 35.9 Å². The zero-order chi connectivity index (χ0) is 18.3. The molecule has 0 aliphatic rings. The van der Waals surface area contributed by atoms with Gasteiger partial charge in [-0.25, -0.2) is 0 Å². The summed E-state index contributed by atoms with van der Waals surface area (Å²) in [6.45, 7) is -0.000885. The van der Waals surface area contributed by atoms with Crippen molar-refractivity contribution in [1.29, 1.82) is 0 Å². The van der Waals surface area contributed by atoms with E-state index in [0.29, 0.717) is 5.56 Å². The number of amides is 2. The number of aliphatic carboxylic acids is 1. The van der Waals surface area contributed by atoms with Crippen molar-refractivity contribution in [1.82, 2.24) is 10.6 Å². The van der Waals surface area contributed by atoms with Crippen LogP contribution in [0.25, 0.3) is 0 Å². The van der Waals surface area contributed by atoms with Gasteiger partial charge in [-0.3, -0.25) is 19.2 Å². The number of carbonyl (C=O) groups is 4. The fourth-order valence-corrected chi connectivity index (χ4v) is 1.90. The average Bonchev–Trinajstić information content (AvgIpc) is 2.51. The van der Waals surface area contributed by atoms with Crippen molar-refractivity contribution < 1.29 is 33.1 Å². The first-order valence-electron chi connectivity index (χ1n) is 6.88. The van der Waals surface area contributed by atoms with E-state index in [1.165, 1.54) is 5.32 Å². The van der Waals surface area contributed by atoms with Crippen LogP contribution in [0, 0.1) is 0 Å². The van der Waals surface area contributed by atoms with Gasteiger partial charge in [0.05, 0.1) is 6.04 Å². The molecule has 2 amide bonds. The highest BCUT2D eigenvalue weighted by atomic mass is 19.3. The van der Waals surface area contributed by atoms with Crippen LogP contribution in [0.3, 0.4) is 0 Å². The number of benzene rings is 1. The highest BCUT2D eigenvalue weighted by Gasteiger charge is 2.50. The van der Waals surface area contributed by atoms with E-state index in [2.05, 4.69) is 5.32 Å². The number of Topliss-reactive ketones (excluding diaryl/α,β-unsaturated/α-hetero) is 1. The Balaban J connectivity index is 2.94. The minimum atomic E-state index is -4.47. The minimum absolute atomic E-state index is 0.235. The number of carbonyl (C=O) groups excluding carboxylic acids is 3. The molecule has 9 heteroatoms. The summed E-state index contributed by atoms with van der Waals surface area (Å²) in [5, 5.41) is 11.9. The largest absolute Gasteiger partial charge is 0.480 e. The number of hydrogen-bond acceptors (Lipinski definition) is 4. The third-order valence-electron chi connectivity index (χ3n) is 2.97. The first kappa shape index (κ1) is 19.2. The maximum atomic E-state index is 14.0. The SMILES string of the molecule is CC(=O)NC(Cc1ccccc1)C(=O)C(F)(F)C(=O)NCC(=O)O. The molecule has 1 aromatic rings. The molecule has 3 N–H and O–H groups in total. The molecule has 1 rings (SSSR count). The van der Waals surface area contributed by atoms with Crippen molar-refractivity contribution in [3.63, 3.8) is 0 Å². The van der Waals surface area contributed by atoms with E-state index in [1.54, 1.807) is 30.3 Å². The lowest BCUT2D eigenvalue weighted by Gasteiger charge is -2.22. The van der Waals surface area contributed by atoms with Crippen LogP contribution < -0.4 is 10.6 Å². The zero-order valence-corrected chi connectivity index (χ0v) is 12.7. The Morgan fingerprint density at radius 3 is 2.25 bits per heavy atom. The second-order valence-corrected chi connectivity index (χ2v) is 4.96. The van der Waals surface area contributed by atoms with Crippen LogP contribution in [-0.2, 0) is 25.6 Å². The fourth-order valence-electron chi connectivity index (χ4n) is 1.90. The van der Waals surface area contributed by atoms with Gasteiger partial charge in [-0.2, -0.15) is 8.78 Å². The standard InChI is InChI=1S/C15H16F2N2O5/c1-9(20)19-11(7-10-5-3-2-4-6-10)13(23)15(16,17)14(24)18-8-12(21)22/h2-6,11H,7-8H2,1H3,(H,18,24)(H,19,20)(H,21,22). The van der Waals surface area contributed by atoms with Crippen LogP contribution in [0.15, 0.2) is 30.3 Å². The Kier molecular flexibility index (Phi) is 6.51. The second kappa shape index (κ2) is 8.14. The molecule has 1 unspecified atom stereocenters. The molecular formula is C15H16F2N2O5. The minimum Gasteiger partial charge on any atom is -0.480 e. The fraction of sp³-hybridized carbons (Fsp3) is 0.333. The van der Waals surface area contributed by atoms with Crippen LogP contribution in [0.2, 0.25) is 0 Å². The molecule has 0 aromatic heterocycles. The number of carboxylic acid groups (broad SMARTS) is 1. The van der Waals surface area contributed by atoms with Gasteiger partial charge in [0.25, 0.3) is 5.91 Å². The molecule has 0 bridgehead atoms. The number of rotatable bonds is 8. The Hall–Kier alpha value is -2.84. The van der Waals surface area contributed by atoms with E-state index in [9.17, 15) is 28.0 Å². The van der Waals surface area contributed by atoms with Crippen LogP contribution in [-0.4, -0.2) is 47.2 Å². The van der Waals surface area contributed by atoms with E-state index >= 15 is 0 Å². The highest BCUT2D eigenvalue weighted by molar-refractivity contribution is 6.10. The molecule has 24 heavy (non-hydrogen) atoms. The molecule has 7 nitrogen and oxygen atoms in total. The van der Waals surface area contributed by atoms with E-state index in [4.69, 9.17) is 5.11 Å². The Bertz CT molecular complexity index is 634. The molecule has 0 spiro atoms. The van der Waals surface area contributed by atoms with Crippen LogP contribution in [0.4, 0.5) is 8.78 Å². The van der Waals surface area contributed by atoms with E-state index < -0.39 is 42.1 Å². The second-order valence-electron chi connectivity index (χ2n) is 4.96. The van der Waals surface area contributed by atoms with Gasteiger partial charge >= 0.3 is 11.9 Å². The number of hydrogen-bond donors (Lipinski definition) is 3. The zero-order valence-electron chi connectivity index (χ0n) is 12.7. The summed E-state index contributed by atoms with van der Waals surface area (Å²) in [4.78, 5) is 44.9. The number of alkyl halides is 2. The van der Waals surface area contributed by atoms with Gasteiger partial charge in [0.2, 0.25) is 11.7 Å². The smallest absolute Gasteiger partial charge is 0.383 e. The summed E-state index contributed by atoms with van der Waals surface area (Å²) in [5.41, 5.74) is 0.506. The summed E-state index contributed by atoms with van der Waals surface area (Å²) >= 11 is 0. The molecule has 0 aliphatic heterocycles. The lowest BCUT2D eigenvalue weighted by molar-refractivity contribution is -0.161. The van der Waals surface area contributed by atoms with Crippen molar-refractivity contribution in [2.45, 2.75) is 25.3 Å². The predicted molar refractivity (Wildman–Crippen MR) is 78.4 cm³/mol. The Morgan fingerprint density at radius 1 is 1.17 bits per heavy atom. The molecule has 130 valence electrons. The third kappa shape index (κ3) is 5.41. The molecule has 0 aliphatic carbocycles. The Labute approximate surface area is 136 Å². The molecule has 1 aromatic carbocycles. The summed E-state index contributed by atoms with van der Waals surface area (Å²) in [6, 6.07) is 6.46. The quantitative estimate of drug-likeness (QED) is 0.582. The molecular weight excluding hydrogens is 326 g/mol. The van der Waals surface area contributed by atoms with Gasteiger partial charge in [-0.05, 0) is 5.56 Å². The van der Waals surface area contributed by atoms with Gasteiger partial charge < -0.3 is 15.7 Å². The summed E-state index contributed by atoms with van der Waals surface area (Å²) < 4.78 is 27.9. The van der Waals surface area contributed by atoms with Gasteiger partial charge in [0, 0.05) is 13.3 Å². The van der Waals surface area contributed by atoms with Gasteiger partial charge in [0.1, 0.15) is 6.54 Å². The number of carboxylic acids is 1. The molecule has 0 fully saturated rings. The summed E-state index contributed by atoms with van der Waals surface area (Å²) in [5.74, 6) is -10.6. The maximum Gasteiger partial charge on any atom is 0.383 e. The average molecular weight is 342 g/mol. The monoisotopic (exact) mass is 342 g/mol. The van der Waals surface area contributed by atoms with Crippen LogP contribution >= 0.6 is 0 Å². The number of ketones is 1. The van der Waals surface area contributed by atoms with Crippen molar-refractivity contribution in [2.75, 3.05) is 6.54 Å². The van der Waals surface area contributed by atoms with Crippen molar-refractivity contribution >= 4 is 23.6 Å². The van der Waals surface area contributed by atoms with Crippen molar-refractivity contribution in [2.24, 2.45) is 0 Å². The lowest BCUT2D eigenvalue weighted by Crippen LogP contribution is -2.55. The van der Waals surface area contributed by atoms with Crippen LogP contribution in [0.5, 0.6) is 0 Å². The van der Waals surface area contributed by atoms with Crippen LogP contribution in [0.1, 0.15) is 12.5 Å². The van der Waals surface area contributed by atoms with E-state index in [0.717, 1.165) is 6.92 Å². The predicted octanol–water partition coefficient (Wildman–Crippen LogP) is 0.139. The number of halogens is 2. The maximum absolute atomic E-state index is 14.0. The van der Waals surface area contributed by atoms with Gasteiger partial charge in [-0.15, -0.1) is 0 Å². The topological polar surface area (TPSA) is 113 Å². The normalized spacial score (nSPS) is 12.1. The molecule has 0 heterocycles. The third-order valence-corrected chi connectivity index (χ3v) is 2.97. The van der Waals surface area contributed by atoms with Gasteiger partial charge in [-0.1, -0.05) is 30.3 Å². The summed E-state index contributed by atoms with van der Waals surface area (Å²) in [7, 11) is 0. The van der Waals surface area contributed by atoms with E-state index in [-0.39, 0.29) is 6.42 Å². The molecule has 0 saturated heterocycles. The summed E-state index contributed by atoms with van der Waals surface area (Å²) in [6.07, 6.45) is -0.235. The van der Waals surface area contributed by atoms with E-state index in [1.807, 2.05) is 0 Å². The number of nitrogens with one attached hydrogen (secondary N) is 2.